The Bertz CT molecular complexity index is 157. The van der Waals surface area contributed by atoms with Gasteiger partial charge in [-0.05, 0) is 19.2 Å². The first-order valence-electron chi connectivity index (χ1n) is 3.47. The molecule has 0 radical (unpaired) electrons. The van der Waals surface area contributed by atoms with E-state index in [2.05, 4.69) is 11.9 Å². The van der Waals surface area contributed by atoms with Crippen LogP contribution in [0.25, 0.3) is 0 Å². The van der Waals surface area contributed by atoms with E-state index in [1.165, 1.54) is 6.08 Å². The first-order chi connectivity index (χ1) is 5.02. The van der Waals surface area contributed by atoms with Crippen LogP contribution in [-0.4, -0.2) is 27.5 Å². The number of carbonyl (C=O) groups is 1. The Hall–Kier alpha value is -0.613. The summed E-state index contributed by atoms with van der Waals surface area (Å²) in [6.45, 7) is 7.43. The zero-order chi connectivity index (χ0) is 8.91. The fraction of sp³-hybridized carbons (Fsp3) is 0.571. The van der Waals surface area contributed by atoms with Gasteiger partial charge in [0.05, 0.1) is 0 Å². The van der Waals surface area contributed by atoms with Crippen molar-refractivity contribution in [2.45, 2.75) is 13.1 Å². The van der Waals surface area contributed by atoms with Crippen molar-refractivity contribution in [3.05, 3.63) is 12.7 Å². The van der Waals surface area contributed by atoms with Crippen LogP contribution in [0.15, 0.2) is 12.7 Å². The predicted octanol–water partition coefficient (Wildman–Crippen LogP) is 0.679. The second-order valence-electron chi connectivity index (χ2n) is 2.89. The number of hydrogen-bond acceptors (Lipinski definition) is 2. The molecule has 0 aromatic carbocycles. The van der Waals surface area contributed by atoms with E-state index in [9.17, 15) is 4.79 Å². The van der Waals surface area contributed by atoms with Crippen LogP contribution >= 0.6 is 0 Å². The van der Waals surface area contributed by atoms with Crippen LogP contribution in [0.1, 0.15) is 0 Å². The van der Waals surface area contributed by atoms with Gasteiger partial charge in [-0.15, -0.1) is 0 Å². The maximum absolute atomic E-state index is 10.7. The molecule has 0 aliphatic carbocycles. The lowest BCUT2D eigenvalue weighted by molar-refractivity contribution is -0.116. The fourth-order valence-corrected chi connectivity index (χ4v) is 1.19. The van der Waals surface area contributed by atoms with Gasteiger partial charge in [0, 0.05) is 13.3 Å². The van der Waals surface area contributed by atoms with Gasteiger partial charge in [0.25, 0.3) is 0 Å². The zero-order valence-corrected chi connectivity index (χ0v) is 8.31. The Morgan fingerprint density at radius 3 is 2.64 bits per heavy atom. The van der Waals surface area contributed by atoms with E-state index in [1.807, 2.05) is 13.1 Å². The highest BCUT2D eigenvalue weighted by Gasteiger charge is 2.20. The molecule has 1 N–H and O–H groups in total. The first kappa shape index (κ1) is 10.4. The third-order valence-corrected chi connectivity index (χ3v) is 3.56. The SMILES string of the molecule is C=CC(=O)NC[Si](C)(C)OC. The van der Waals surface area contributed by atoms with E-state index in [0.29, 0.717) is 6.17 Å². The second kappa shape index (κ2) is 4.30. The molecular formula is C7H15NO2Si. The molecule has 3 nitrogen and oxygen atoms in total. The van der Waals surface area contributed by atoms with Gasteiger partial charge in [-0.3, -0.25) is 4.79 Å². The minimum atomic E-state index is -1.64. The molecule has 4 heteroatoms. The van der Waals surface area contributed by atoms with Crippen LogP contribution in [0.4, 0.5) is 0 Å². The highest BCUT2D eigenvalue weighted by atomic mass is 28.4. The third kappa shape index (κ3) is 4.75. The Labute approximate surface area is 68.6 Å². The van der Waals surface area contributed by atoms with E-state index in [4.69, 9.17) is 4.43 Å². The second-order valence-corrected chi connectivity index (χ2v) is 7.17. The molecule has 0 spiro atoms. The van der Waals surface area contributed by atoms with Gasteiger partial charge in [-0.25, -0.2) is 0 Å². The van der Waals surface area contributed by atoms with Crippen molar-refractivity contribution in [2.75, 3.05) is 13.3 Å². The summed E-state index contributed by atoms with van der Waals surface area (Å²) in [7, 11) is 0.0369. The van der Waals surface area contributed by atoms with Gasteiger partial charge in [0.1, 0.15) is 0 Å². The molecule has 1 amide bonds. The molecule has 0 heterocycles. The lowest BCUT2D eigenvalue weighted by atomic mass is 10.6. The van der Waals surface area contributed by atoms with Crippen LogP contribution in [0.5, 0.6) is 0 Å². The van der Waals surface area contributed by atoms with Crippen LogP contribution in [0.3, 0.4) is 0 Å². The quantitative estimate of drug-likeness (QED) is 0.501. The smallest absolute Gasteiger partial charge is 0.243 e. The molecule has 11 heavy (non-hydrogen) atoms. The van der Waals surface area contributed by atoms with Gasteiger partial charge in [0.2, 0.25) is 14.2 Å². The van der Waals surface area contributed by atoms with Gasteiger partial charge < -0.3 is 9.74 Å². The van der Waals surface area contributed by atoms with Crippen molar-refractivity contribution >= 4 is 14.2 Å². The standard InChI is InChI=1S/C7H15NO2Si/c1-5-7(9)8-6-11(3,4)10-2/h5H,1,6H2,2-4H3,(H,8,9). The normalized spacial score (nSPS) is 10.8. The van der Waals surface area contributed by atoms with E-state index < -0.39 is 8.32 Å². The highest BCUT2D eigenvalue weighted by molar-refractivity contribution is 6.71. The van der Waals surface area contributed by atoms with Gasteiger partial charge in [-0.1, -0.05) is 6.58 Å². The first-order valence-corrected chi connectivity index (χ1v) is 6.59. The molecule has 0 bridgehead atoms. The van der Waals surface area contributed by atoms with Crippen molar-refractivity contribution in [1.29, 1.82) is 0 Å². The fourth-order valence-electron chi connectivity index (χ4n) is 0.444. The summed E-state index contributed by atoms with van der Waals surface area (Å²) in [6.07, 6.45) is 1.90. The van der Waals surface area contributed by atoms with Gasteiger partial charge in [-0.2, -0.15) is 0 Å². The predicted molar refractivity (Wildman–Crippen MR) is 47.7 cm³/mol. The molecule has 0 aliphatic heterocycles. The molecule has 0 saturated carbocycles. The van der Waals surface area contributed by atoms with Crippen molar-refractivity contribution in [3.8, 4) is 0 Å². The number of amides is 1. The Kier molecular flexibility index (Phi) is 4.06. The summed E-state index contributed by atoms with van der Waals surface area (Å²) in [4.78, 5) is 10.7. The summed E-state index contributed by atoms with van der Waals surface area (Å²) in [5, 5.41) is 2.70. The van der Waals surface area contributed by atoms with Crippen molar-refractivity contribution in [1.82, 2.24) is 5.32 Å². The zero-order valence-electron chi connectivity index (χ0n) is 7.31. The Balaban J connectivity index is 3.69. The summed E-state index contributed by atoms with van der Waals surface area (Å²) >= 11 is 0. The largest absolute Gasteiger partial charge is 0.419 e. The average molecular weight is 173 g/mol. The number of hydrogen-bond donors (Lipinski definition) is 1. The van der Waals surface area contributed by atoms with E-state index >= 15 is 0 Å². The summed E-state index contributed by atoms with van der Waals surface area (Å²) in [5.74, 6) is -0.136. The maximum Gasteiger partial charge on any atom is 0.243 e. The molecule has 0 saturated heterocycles. The van der Waals surface area contributed by atoms with Crippen LogP contribution in [0.2, 0.25) is 13.1 Å². The van der Waals surface area contributed by atoms with E-state index in [0.717, 1.165) is 0 Å². The lowest BCUT2D eigenvalue weighted by Gasteiger charge is -2.19. The molecule has 64 valence electrons. The number of rotatable bonds is 4. The maximum atomic E-state index is 10.7. The molecular weight excluding hydrogens is 158 g/mol. The Morgan fingerprint density at radius 1 is 1.73 bits per heavy atom. The molecule has 0 aromatic rings. The summed E-state index contributed by atoms with van der Waals surface area (Å²) < 4.78 is 5.22. The molecule has 0 unspecified atom stereocenters. The number of carbonyl (C=O) groups excluding carboxylic acids is 1. The lowest BCUT2D eigenvalue weighted by Crippen LogP contribution is -2.43. The number of nitrogens with one attached hydrogen (secondary N) is 1. The summed E-state index contributed by atoms with van der Waals surface area (Å²) in [5.41, 5.74) is 0. The molecule has 0 aliphatic rings. The average Bonchev–Trinajstić information content (AvgIpc) is 2.00. The van der Waals surface area contributed by atoms with Gasteiger partial charge >= 0.3 is 0 Å². The molecule has 0 atom stereocenters. The topological polar surface area (TPSA) is 38.3 Å². The van der Waals surface area contributed by atoms with Crippen molar-refractivity contribution in [3.63, 3.8) is 0 Å². The minimum absolute atomic E-state index is 0.136. The molecule has 0 fully saturated rings. The van der Waals surface area contributed by atoms with Crippen molar-refractivity contribution < 1.29 is 9.22 Å². The molecule has 0 rings (SSSR count). The molecule has 0 aromatic heterocycles. The van der Waals surface area contributed by atoms with Crippen LogP contribution < -0.4 is 5.32 Å². The van der Waals surface area contributed by atoms with Gasteiger partial charge in [0.15, 0.2) is 0 Å². The van der Waals surface area contributed by atoms with E-state index in [1.54, 1.807) is 7.11 Å². The van der Waals surface area contributed by atoms with Crippen molar-refractivity contribution in [2.24, 2.45) is 0 Å². The highest BCUT2D eigenvalue weighted by Crippen LogP contribution is 1.98. The summed E-state index contributed by atoms with van der Waals surface area (Å²) in [6, 6.07) is 0. The van der Waals surface area contributed by atoms with E-state index in [-0.39, 0.29) is 5.91 Å². The van der Waals surface area contributed by atoms with Crippen LogP contribution in [0, 0.1) is 0 Å². The van der Waals surface area contributed by atoms with Crippen LogP contribution in [-0.2, 0) is 9.22 Å². The third-order valence-electron chi connectivity index (χ3n) is 1.43. The Morgan fingerprint density at radius 2 is 2.27 bits per heavy atom. The monoisotopic (exact) mass is 173 g/mol. The minimum Gasteiger partial charge on any atom is -0.419 e.